The van der Waals surface area contributed by atoms with Gasteiger partial charge in [0.25, 0.3) is 5.91 Å². The Morgan fingerprint density at radius 1 is 1.24 bits per heavy atom. The number of carbonyl (C=O) groups excluding carboxylic acids is 1. The summed E-state index contributed by atoms with van der Waals surface area (Å²) < 4.78 is 0. The second-order valence-corrected chi connectivity index (χ2v) is 4.88. The molecule has 0 fully saturated rings. The number of aryl methyl sites for hydroxylation is 1. The van der Waals surface area contributed by atoms with Crippen molar-refractivity contribution >= 4 is 11.6 Å². The maximum absolute atomic E-state index is 12.0. The fraction of sp³-hybridized carbons (Fsp3) is 0.412. The van der Waals surface area contributed by atoms with Crippen molar-refractivity contribution < 1.29 is 4.79 Å². The molecule has 0 saturated heterocycles. The molecule has 21 heavy (non-hydrogen) atoms. The summed E-state index contributed by atoms with van der Waals surface area (Å²) in [4.78, 5) is 12.0. The topological polar surface area (TPSA) is 64.9 Å². The first-order valence-corrected chi connectivity index (χ1v) is 7.45. The molecular weight excluding hydrogens is 262 g/mol. The summed E-state index contributed by atoms with van der Waals surface area (Å²) >= 11 is 0. The third-order valence-corrected chi connectivity index (χ3v) is 3.04. The van der Waals surface area contributed by atoms with E-state index >= 15 is 0 Å². The van der Waals surface area contributed by atoms with Gasteiger partial charge >= 0.3 is 0 Å². The first-order chi connectivity index (χ1) is 10.2. The van der Waals surface area contributed by atoms with Gasteiger partial charge in [0.1, 0.15) is 11.6 Å². The zero-order chi connectivity index (χ0) is 15.5. The van der Waals surface area contributed by atoms with Crippen LogP contribution in [-0.4, -0.2) is 12.5 Å². The van der Waals surface area contributed by atoms with E-state index in [1.807, 2.05) is 37.3 Å². The average molecular weight is 285 g/mol. The predicted molar refractivity (Wildman–Crippen MR) is 85.7 cm³/mol. The van der Waals surface area contributed by atoms with E-state index < -0.39 is 0 Å². The summed E-state index contributed by atoms with van der Waals surface area (Å²) in [5.41, 5.74) is 2.05. The molecule has 0 aliphatic heterocycles. The van der Waals surface area contributed by atoms with E-state index in [4.69, 9.17) is 5.26 Å². The number of hydrogen-bond acceptors (Lipinski definition) is 3. The Bertz CT molecular complexity index is 512. The first-order valence-electron chi connectivity index (χ1n) is 7.45. The standard InChI is InChI=1S/C17H23N3O/c1-3-5-6-14-7-9-16(10-8-14)20-17(21)15(12-18)13-19-11-4-2/h7-10,13,19H,3-6,11H2,1-2H3,(H,20,21)/b15-13-. The van der Waals surface area contributed by atoms with Crippen LogP contribution in [0, 0.1) is 11.3 Å². The number of nitrogens with zero attached hydrogens (tertiary/aromatic N) is 1. The molecule has 1 aromatic carbocycles. The molecule has 1 rings (SSSR count). The molecule has 1 aromatic rings. The molecule has 1 amide bonds. The fourth-order valence-corrected chi connectivity index (χ4v) is 1.80. The van der Waals surface area contributed by atoms with Gasteiger partial charge in [-0.25, -0.2) is 0 Å². The monoisotopic (exact) mass is 285 g/mol. The summed E-state index contributed by atoms with van der Waals surface area (Å²) in [6, 6.07) is 9.67. The Labute approximate surface area is 126 Å². The Hall–Kier alpha value is -2.28. The van der Waals surface area contributed by atoms with Crippen molar-refractivity contribution in [1.29, 1.82) is 5.26 Å². The molecule has 0 atom stereocenters. The lowest BCUT2D eigenvalue weighted by molar-refractivity contribution is -0.112. The van der Waals surface area contributed by atoms with Crippen molar-refractivity contribution in [3.63, 3.8) is 0 Å². The molecule has 0 saturated carbocycles. The second kappa shape index (κ2) is 9.60. The van der Waals surface area contributed by atoms with Gasteiger partial charge in [0.15, 0.2) is 0 Å². The maximum atomic E-state index is 12.0. The van der Waals surface area contributed by atoms with Crippen molar-refractivity contribution in [3.05, 3.63) is 41.6 Å². The normalized spacial score (nSPS) is 10.8. The van der Waals surface area contributed by atoms with Gasteiger partial charge in [-0.05, 0) is 37.0 Å². The molecule has 0 aromatic heterocycles. The average Bonchev–Trinajstić information content (AvgIpc) is 2.51. The zero-order valence-electron chi connectivity index (χ0n) is 12.8. The van der Waals surface area contributed by atoms with Crippen molar-refractivity contribution in [2.45, 2.75) is 39.5 Å². The number of anilines is 1. The quantitative estimate of drug-likeness (QED) is 0.437. The van der Waals surface area contributed by atoms with Crippen molar-refractivity contribution in [1.82, 2.24) is 5.32 Å². The number of unbranched alkanes of at least 4 members (excludes halogenated alkanes) is 1. The Kier molecular flexibility index (Phi) is 7.67. The summed E-state index contributed by atoms with van der Waals surface area (Å²) in [7, 11) is 0. The van der Waals surface area contributed by atoms with E-state index in [0.29, 0.717) is 5.69 Å². The van der Waals surface area contributed by atoms with E-state index in [0.717, 1.165) is 25.8 Å². The van der Waals surface area contributed by atoms with Gasteiger partial charge in [0.05, 0.1) is 0 Å². The summed E-state index contributed by atoms with van der Waals surface area (Å²) in [6.45, 7) is 4.93. The second-order valence-electron chi connectivity index (χ2n) is 4.88. The van der Waals surface area contributed by atoms with E-state index in [9.17, 15) is 4.79 Å². The highest BCUT2D eigenvalue weighted by Gasteiger charge is 2.08. The first kappa shape index (κ1) is 16.8. The minimum atomic E-state index is -0.387. The van der Waals surface area contributed by atoms with Crippen LogP contribution in [-0.2, 0) is 11.2 Å². The highest BCUT2D eigenvalue weighted by atomic mass is 16.1. The zero-order valence-corrected chi connectivity index (χ0v) is 12.8. The lowest BCUT2D eigenvalue weighted by Gasteiger charge is -2.06. The van der Waals surface area contributed by atoms with Crippen LogP contribution in [0.1, 0.15) is 38.7 Å². The Balaban J connectivity index is 2.61. The molecule has 112 valence electrons. The van der Waals surface area contributed by atoms with E-state index in [1.54, 1.807) is 0 Å². The van der Waals surface area contributed by atoms with Gasteiger partial charge in [-0.15, -0.1) is 0 Å². The molecule has 0 heterocycles. The van der Waals surface area contributed by atoms with Crippen LogP contribution < -0.4 is 10.6 Å². The van der Waals surface area contributed by atoms with Gasteiger partial charge in [-0.2, -0.15) is 5.26 Å². The highest BCUT2D eigenvalue weighted by molar-refractivity contribution is 6.06. The number of benzene rings is 1. The highest BCUT2D eigenvalue weighted by Crippen LogP contribution is 2.12. The van der Waals surface area contributed by atoms with E-state index in [-0.39, 0.29) is 11.5 Å². The van der Waals surface area contributed by atoms with Gasteiger partial charge in [-0.1, -0.05) is 32.4 Å². The van der Waals surface area contributed by atoms with Crippen LogP contribution in [0.4, 0.5) is 5.69 Å². The van der Waals surface area contributed by atoms with Crippen molar-refractivity contribution in [2.24, 2.45) is 0 Å². The molecule has 0 unspecified atom stereocenters. The number of rotatable bonds is 8. The SMILES string of the molecule is CCCCc1ccc(NC(=O)/C(C#N)=C\NCCC)cc1. The predicted octanol–water partition coefficient (Wildman–Crippen LogP) is 3.37. The van der Waals surface area contributed by atoms with Gasteiger partial charge in [0.2, 0.25) is 0 Å². The number of hydrogen-bond donors (Lipinski definition) is 2. The Morgan fingerprint density at radius 3 is 2.52 bits per heavy atom. The third-order valence-electron chi connectivity index (χ3n) is 3.04. The van der Waals surface area contributed by atoms with Crippen LogP contribution >= 0.6 is 0 Å². The maximum Gasteiger partial charge on any atom is 0.267 e. The molecule has 0 radical (unpaired) electrons. The minimum absolute atomic E-state index is 0.0820. The largest absolute Gasteiger partial charge is 0.390 e. The van der Waals surface area contributed by atoms with Crippen LogP contribution in [0.25, 0.3) is 0 Å². The van der Waals surface area contributed by atoms with Gasteiger partial charge in [0, 0.05) is 18.4 Å². The lowest BCUT2D eigenvalue weighted by atomic mass is 10.1. The smallest absolute Gasteiger partial charge is 0.267 e. The number of carbonyl (C=O) groups is 1. The molecule has 0 aliphatic carbocycles. The third kappa shape index (κ3) is 6.13. The molecule has 0 aliphatic rings. The summed E-state index contributed by atoms with van der Waals surface area (Å²) in [5, 5.41) is 14.7. The molecular formula is C17H23N3O. The summed E-state index contributed by atoms with van der Waals surface area (Å²) in [5.74, 6) is -0.387. The fourth-order valence-electron chi connectivity index (χ4n) is 1.80. The van der Waals surface area contributed by atoms with Crippen molar-refractivity contribution in [2.75, 3.05) is 11.9 Å². The molecule has 0 spiro atoms. The number of nitrogens with one attached hydrogen (secondary N) is 2. The lowest BCUT2D eigenvalue weighted by Crippen LogP contribution is -2.17. The minimum Gasteiger partial charge on any atom is -0.390 e. The van der Waals surface area contributed by atoms with E-state index in [2.05, 4.69) is 17.6 Å². The van der Waals surface area contributed by atoms with Crippen LogP contribution in [0.2, 0.25) is 0 Å². The van der Waals surface area contributed by atoms with Gasteiger partial charge < -0.3 is 10.6 Å². The number of amides is 1. The molecule has 4 nitrogen and oxygen atoms in total. The van der Waals surface area contributed by atoms with Gasteiger partial charge in [-0.3, -0.25) is 4.79 Å². The van der Waals surface area contributed by atoms with Crippen LogP contribution in [0.3, 0.4) is 0 Å². The molecule has 4 heteroatoms. The number of nitriles is 1. The summed E-state index contributed by atoms with van der Waals surface area (Å²) in [6.07, 6.45) is 5.79. The van der Waals surface area contributed by atoms with Crippen LogP contribution in [0.5, 0.6) is 0 Å². The van der Waals surface area contributed by atoms with Crippen LogP contribution in [0.15, 0.2) is 36.0 Å². The van der Waals surface area contributed by atoms with E-state index in [1.165, 1.54) is 18.2 Å². The Morgan fingerprint density at radius 2 is 1.95 bits per heavy atom. The molecule has 0 bridgehead atoms. The molecule has 2 N–H and O–H groups in total. The van der Waals surface area contributed by atoms with Crippen molar-refractivity contribution in [3.8, 4) is 6.07 Å².